The van der Waals surface area contributed by atoms with E-state index >= 15 is 0 Å². The highest BCUT2D eigenvalue weighted by atomic mass is 35.5. The van der Waals surface area contributed by atoms with Crippen molar-refractivity contribution in [3.8, 4) is 0 Å². The van der Waals surface area contributed by atoms with Gasteiger partial charge in [0, 0.05) is 5.02 Å². The zero-order valence-corrected chi connectivity index (χ0v) is 18.5. The van der Waals surface area contributed by atoms with Crippen molar-refractivity contribution in [3.63, 3.8) is 0 Å². The second-order valence-electron chi connectivity index (χ2n) is 6.91. The van der Waals surface area contributed by atoms with Gasteiger partial charge < -0.3 is 4.74 Å². The summed E-state index contributed by atoms with van der Waals surface area (Å²) in [7, 11) is 1.32. The number of carbonyl (C=O) groups is 1. The van der Waals surface area contributed by atoms with Crippen LogP contribution in [-0.2, 0) is 9.53 Å². The van der Waals surface area contributed by atoms with Crippen molar-refractivity contribution >= 4 is 41.1 Å². The molecular formula is C24H19ClN2O3S. The van der Waals surface area contributed by atoms with Gasteiger partial charge in [-0.1, -0.05) is 83.6 Å². The fourth-order valence-corrected chi connectivity index (χ4v) is 4.65. The normalized spacial score (nSPS) is 16.4. The van der Waals surface area contributed by atoms with Gasteiger partial charge in [0.2, 0.25) is 0 Å². The van der Waals surface area contributed by atoms with Gasteiger partial charge in [-0.15, -0.1) is 0 Å². The first-order chi connectivity index (χ1) is 15.0. The molecule has 0 bridgehead atoms. The van der Waals surface area contributed by atoms with E-state index in [1.165, 1.54) is 23.0 Å². The Morgan fingerprint density at radius 2 is 1.87 bits per heavy atom. The molecule has 0 N–H and O–H groups in total. The van der Waals surface area contributed by atoms with Gasteiger partial charge in [-0.2, -0.15) is 0 Å². The van der Waals surface area contributed by atoms with E-state index in [2.05, 4.69) is 4.99 Å². The summed E-state index contributed by atoms with van der Waals surface area (Å²) in [5.74, 6) is -0.510. The number of methoxy groups -OCH3 is 1. The minimum atomic E-state index is -0.627. The van der Waals surface area contributed by atoms with Crippen LogP contribution in [-0.4, -0.2) is 17.6 Å². The first-order valence-corrected chi connectivity index (χ1v) is 10.8. The number of carbonyl (C=O) groups excluding carboxylic acids is 1. The van der Waals surface area contributed by atoms with Gasteiger partial charge in [0.15, 0.2) is 4.80 Å². The van der Waals surface area contributed by atoms with Crippen LogP contribution in [0.5, 0.6) is 0 Å². The fourth-order valence-electron chi connectivity index (χ4n) is 3.42. The third-order valence-electron chi connectivity index (χ3n) is 4.93. The number of nitrogens with zero attached hydrogens (tertiary/aromatic N) is 2. The third kappa shape index (κ3) is 4.17. The van der Waals surface area contributed by atoms with Crippen molar-refractivity contribution in [2.75, 3.05) is 7.11 Å². The highest BCUT2D eigenvalue weighted by molar-refractivity contribution is 7.07. The molecule has 31 heavy (non-hydrogen) atoms. The van der Waals surface area contributed by atoms with E-state index in [0.29, 0.717) is 25.6 Å². The van der Waals surface area contributed by atoms with Crippen molar-refractivity contribution in [1.29, 1.82) is 0 Å². The van der Waals surface area contributed by atoms with Crippen molar-refractivity contribution in [2.45, 2.75) is 13.0 Å². The van der Waals surface area contributed by atoms with Crippen LogP contribution in [0.3, 0.4) is 0 Å². The molecule has 0 saturated carbocycles. The maximum atomic E-state index is 13.3. The van der Waals surface area contributed by atoms with Crippen LogP contribution in [0, 0.1) is 0 Å². The van der Waals surface area contributed by atoms with E-state index in [1.54, 1.807) is 19.1 Å². The molecule has 0 spiro atoms. The predicted octanol–water partition coefficient (Wildman–Crippen LogP) is 3.73. The molecule has 0 aliphatic carbocycles. The molecule has 3 aromatic rings. The molecule has 5 nitrogen and oxygen atoms in total. The van der Waals surface area contributed by atoms with Gasteiger partial charge in [0.25, 0.3) is 5.56 Å². The zero-order valence-electron chi connectivity index (χ0n) is 16.9. The molecule has 1 aliphatic heterocycles. The average molecular weight is 451 g/mol. The van der Waals surface area contributed by atoms with Gasteiger partial charge in [-0.25, -0.2) is 9.79 Å². The Bertz CT molecular complexity index is 1380. The monoisotopic (exact) mass is 450 g/mol. The first-order valence-electron chi connectivity index (χ1n) is 9.58. The predicted molar refractivity (Wildman–Crippen MR) is 124 cm³/mol. The van der Waals surface area contributed by atoms with Gasteiger partial charge in [0.1, 0.15) is 0 Å². The first kappa shape index (κ1) is 21.0. The fraction of sp³-hybridized carbons (Fsp3) is 0.125. The van der Waals surface area contributed by atoms with E-state index in [4.69, 9.17) is 16.3 Å². The number of esters is 1. The Morgan fingerprint density at radius 1 is 1.16 bits per heavy atom. The molecule has 1 unspecified atom stereocenters. The summed E-state index contributed by atoms with van der Waals surface area (Å²) >= 11 is 7.53. The van der Waals surface area contributed by atoms with Gasteiger partial charge >= 0.3 is 5.97 Å². The van der Waals surface area contributed by atoms with Crippen LogP contribution >= 0.6 is 22.9 Å². The van der Waals surface area contributed by atoms with Crippen LogP contribution in [0.25, 0.3) is 12.2 Å². The minimum Gasteiger partial charge on any atom is -0.466 e. The van der Waals surface area contributed by atoms with Crippen LogP contribution < -0.4 is 14.9 Å². The molecule has 1 atom stereocenters. The van der Waals surface area contributed by atoms with E-state index in [-0.39, 0.29) is 5.56 Å². The van der Waals surface area contributed by atoms with Gasteiger partial charge in [-0.05, 0) is 30.2 Å². The van der Waals surface area contributed by atoms with Gasteiger partial charge in [0.05, 0.1) is 29.0 Å². The van der Waals surface area contributed by atoms with E-state index < -0.39 is 12.0 Å². The highest BCUT2D eigenvalue weighted by Crippen LogP contribution is 2.26. The SMILES string of the molecule is COC(=O)C1=C(C)N=c2sc(=Cc3ccccc3Cl)c(=O)n2C1C=Cc1ccccc1. The topological polar surface area (TPSA) is 60.7 Å². The molecule has 1 aliphatic rings. The molecule has 4 rings (SSSR count). The quantitative estimate of drug-likeness (QED) is 0.569. The highest BCUT2D eigenvalue weighted by Gasteiger charge is 2.30. The van der Waals surface area contributed by atoms with E-state index in [0.717, 1.165) is 11.1 Å². The molecule has 0 saturated heterocycles. The molecule has 0 amide bonds. The lowest BCUT2D eigenvalue weighted by molar-refractivity contribution is -0.136. The van der Waals surface area contributed by atoms with Crippen molar-refractivity contribution in [1.82, 2.24) is 4.57 Å². The number of hydrogen-bond acceptors (Lipinski definition) is 5. The van der Waals surface area contributed by atoms with Crippen molar-refractivity contribution in [2.24, 2.45) is 4.99 Å². The summed E-state index contributed by atoms with van der Waals surface area (Å²) in [5.41, 5.74) is 2.33. The van der Waals surface area contributed by atoms with Crippen LogP contribution in [0.4, 0.5) is 0 Å². The number of ether oxygens (including phenoxy) is 1. The lowest BCUT2D eigenvalue weighted by atomic mass is 10.0. The van der Waals surface area contributed by atoms with Crippen molar-refractivity contribution in [3.05, 3.63) is 108 Å². The number of aromatic nitrogens is 1. The number of rotatable bonds is 4. The second-order valence-corrected chi connectivity index (χ2v) is 8.32. The smallest absolute Gasteiger partial charge is 0.338 e. The summed E-state index contributed by atoms with van der Waals surface area (Å²) in [4.78, 5) is 30.9. The average Bonchev–Trinajstić information content (AvgIpc) is 3.08. The standard InChI is InChI=1S/C24H19ClN2O3S/c1-15-21(23(29)30-2)19(13-12-16-8-4-3-5-9-16)27-22(28)20(31-24(27)26-15)14-17-10-6-7-11-18(17)25/h3-14,19H,1-2H3. The van der Waals surface area contributed by atoms with Crippen LogP contribution in [0.2, 0.25) is 5.02 Å². The van der Waals surface area contributed by atoms with Gasteiger partial charge in [-0.3, -0.25) is 9.36 Å². The number of allylic oxidation sites excluding steroid dienone is 2. The zero-order chi connectivity index (χ0) is 22.0. The molecule has 0 fully saturated rings. The molecule has 2 heterocycles. The summed E-state index contributed by atoms with van der Waals surface area (Å²) in [6.07, 6.45) is 5.47. The van der Waals surface area contributed by atoms with Crippen LogP contribution in [0.15, 0.2) is 81.7 Å². The number of thiazole rings is 1. The van der Waals surface area contributed by atoms with Crippen LogP contribution in [0.1, 0.15) is 24.1 Å². The molecular weight excluding hydrogens is 432 g/mol. The molecule has 1 aromatic heterocycles. The summed E-state index contributed by atoms with van der Waals surface area (Å²) in [6.45, 7) is 1.75. The largest absolute Gasteiger partial charge is 0.466 e. The maximum absolute atomic E-state index is 13.3. The molecule has 156 valence electrons. The number of hydrogen-bond donors (Lipinski definition) is 0. The summed E-state index contributed by atoms with van der Waals surface area (Å²) in [6, 6.07) is 16.4. The lowest BCUT2D eigenvalue weighted by Crippen LogP contribution is -2.38. The second kappa shape index (κ2) is 8.88. The summed E-state index contributed by atoms with van der Waals surface area (Å²) < 4.78 is 7.01. The Balaban J connectivity index is 1.90. The number of fused-ring (bicyclic) bond motifs is 1. The number of benzene rings is 2. The molecule has 0 radical (unpaired) electrons. The Kier molecular flexibility index (Phi) is 6.02. The number of halogens is 1. The molecule has 7 heteroatoms. The third-order valence-corrected chi connectivity index (χ3v) is 6.26. The molecule has 2 aromatic carbocycles. The Morgan fingerprint density at radius 3 is 2.58 bits per heavy atom. The van der Waals surface area contributed by atoms with E-state index in [1.807, 2.05) is 60.7 Å². The van der Waals surface area contributed by atoms with Crippen molar-refractivity contribution < 1.29 is 9.53 Å². The lowest BCUT2D eigenvalue weighted by Gasteiger charge is -2.21. The Labute approximate surface area is 187 Å². The summed E-state index contributed by atoms with van der Waals surface area (Å²) in [5, 5.41) is 0.556. The minimum absolute atomic E-state index is 0.236. The Hall–Kier alpha value is -3.22. The van der Waals surface area contributed by atoms with E-state index in [9.17, 15) is 9.59 Å². The maximum Gasteiger partial charge on any atom is 0.338 e.